The van der Waals surface area contributed by atoms with Crippen molar-refractivity contribution in [2.45, 2.75) is 37.8 Å². The van der Waals surface area contributed by atoms with Crippen LogP contribution in [0, 0.1) is 11.3 Å². The van der Waals surface area contributed by atoms with Crippen LogP contribution in [0.25, 0.3) is 11.1 Å². The van der Waals surface area contributed by atoms with Gasteiger partial charge in [0.15, 0.2) is 0 Å². The number of rotatable bonds is 7. The van der Waals surface area contributed by atoms with E-state index in [-0.39, 0.29) is 11.3 Å². The summed E-state index contributed by atoms with van der Waals surface area (Å²) >= 11 is 0. The number of hydrogen-bond acceptors (Lipinski definition) is 8. The summed E-state index contributed by atoms with van der Waals surface area (Å²) in [6.07, 6.45) is -6.10. The Morgan fingerprint density at radius 2 is 1.62 bits per heavy atom. The van der Waals surface area contributed by atoms with Crippen molar-refractivity contribution in [3.05, 3.63) is 76.2 Å². The molecule has 1 atom stereocenters. The molecule has 1 aromatic heterocycles. The lowest BCUT2D eigenvalue weighted by Crippen LogP contribution is -2.37. The van der Waals surface area contributed by atoms with E-state index in [0.717, 1.165) is 30.8 Å². The van der Waals surface area contributed by atoms with Crippen molar-refractivity contribution in [3.63, 3.8) is 0 Å². The number of halogens is 6. The molecule has 1 fully saturated rings. The molecule has 0 radical (unpaired) electrons. The Hall–Kier alpha value is -4.95. The van der Waals surface area contributed by atoms with Crippen LogP contribution in [-0.4, -0.2) is 87.3 Å². The molecule has 3 aromatic rings. The van der Waals surface area contributed by atoms with E-state index < -0.39 is 24.3 Å². The largest absolute Gasteiger partial charge is 0.490 e. The van der Waals surface area contributed by atoms with E-state index in [4.69, 9.17) is 24.5 Å². The van der Waals surface area contributed by atoms with Gasteiger partial charge in [-0.3, -0.25) is 9.69 Å². The molecule has 11 nitrogen and oxygen atoms in total. The first-order valence-corrected chi connectivity index (χ1v) is 13.7. The Balaban J connectivity index is 0.000000459. The van der Waals surface area contributed by atoms with Crippen molar-refractivity contribution in [2.75, 3.05) is 27.2 Å². The first kappa shape index (κ1) is 38.2. The molecule has 0 amide bonds. The van der Waals surface area contributed by atoms with E-state index in [1.807, 2.05) is 18.2 Å². The highest BCUT2D eigenvalue weighted by atomic mass is 19.4. The number of likely N-dealkylation sites (N-methyl/N-ethyl adjacent to an activating group) is 1. The van der Waals surface area contributed by atoms with Gasteiger partial charge in [-0.15, -0.1) is 0 Å². The number of nitriles is 1. The third-order valence-electron chi connectivity index (χ3n) is 6.52. The molecule has 4 rings (SSSR count). The molecule has 17 heteroatoms. The summed E-state index contributed by atoms with van der Waals surface area (Å²) in [6.45, 7) is 2.89. The number of aromatic nitrogens is 2. The molecule has 2 N–H and O–H groups in total. The number of carboxylic acid groups (broad SMARTS) is 2. The molecule has 0 bridgehead atoms. The number of benzene rings is 2. The molecular formula is C30H31F6N5O6. The third kappa shape index (κ3) is 11.7. The van der Waals surface area contributed by atoms with Crippen LogP contribution in [0.15, 0.2) is 59.5 Å². The Morgan fingerprint density at radius 3 is 2.17 bits per heavy atom. The van der Waals surface area contributed by atoms with Crippen LogP contribution in [-0.2, 0) is 23.2 Å². The first-order valence-electron chi connectivity index (χ1n) is 13.7. The smallest absolute Gasteiger partial charge is 0.475 e. The number of alkyl halides is 6. The number of aliphatic carboxylic acids is 2. The van der Waals surface area contributed by atoms with Crippen molar-refractivity contribution in [3.8, 4) is 28.7 Å². The fourth-order valence-electron chi connectivity index (χ4n) is 4.43. The van der Waals surface area contributed by atoms with E-state index in [0.29, 0.717) is 22.9 Å². The molecule has 2 heterocycles. The minimum Gasteiger partial charge on any atom is -0.475 e. The molecule has 47 heavy (non-hydrogen) atoms. The van der Waals surface area contributed by atoms with Gasteiger partial charge in [0, 0.05) is 26.2 Å². The average Bonchev–Trinajstić information content (AvgIpc) is 3.41. The molecule has 254 valence electrons. The van der Waals surface area contributed by atoms with Crippen LogP contribution in [0.1, 0.15) is 24.0 Å². The van der Waals surface area contributed by atoms with E-state index in [9.17, 15) is 36.4 Å². The Kier molecular flexibility index (Phi) is 13.5. The maximum absolute atomic E-state index is 13.0. The van der Waals surface area contributed by atoms with E-state index in [1.165, 1.54) is 17.5 Å². The highest BCUT2D eigenvalue weighted by molar-refractivity contribution is 5.74. The summed E-state index contributed by atoms with van der Waals surface area (Å²) in [7, 11) is 5.83. The maximum Gasteiger partial charge on any atom is 0.490 e. The van der Waals surface area contributed by atoms with Crippen LogP contribution >= 0.6 is 0 Å². The molecule has 1 aliphatic rings. The Bertz CT molecular complexity index is 1610. The second-order valence-electron chi connectivity index (χ2n) is 10.3. The van der Waals surface area contributed by atoms with Crippen molar-refractivity contribution >= 4 is 11.9 Å². The van der Waals surface area contributed by atoms with E-state index in [2.05, 4.69) is 41.1 Å². The second kappa shape index (κ2) is 16.6. The lowest BCUT2D eigenvalue weighted by molar-refractivity contribution is -0.193. The highest BCUT2D eigenvalue weighted by Crippen LogP contribution is 2.34. The topological polar surface area (TPSA) is 149 Å². The number of aryl methyl sites for hydroxylation is 1. The molecule has 1 aliphatic heterocycles. The van der Waals surface area contributed by atoms with Gasteiger partial charge in [0.1, 0.15) is 5.75 Å². The number of carbonyl (C=O) groups is 2. The summed E-state index contributed by atoms with van der Waals surface area (Å²) in [5.41, 5.74) is 2.87. The minimum atomic E-state index is -5.08. The maximum atomic E-state index is 13.0. The minimum absolute atomic E-state index is 0.210. The van der Waals surface area contributed by atoms with Crippen LogP contribution in [0.2, 0.25) is 0 Å². The Morgan fingerprint density at radius 1 is 1.02 bits per heavy atom. The van der Waals surface area contributed by atoms with Gasteiger partial charge in [0.25, 0.3) is 0 Å². The number of nitrogens with zero attached hydrogens (tertiary/aromatic N) is 5. The zero-order valence-corrected chi connectivity index (χ0v) is 25.3. The molecule has 0 saturated carbocycles. The van der Waals surface area contributed by atoms with Crippen LogP contribution in [0.3, 0.4) is 0 Å². The molecular weight excluding hydrogens is 640 g/mol. The number of likely N-dealkylation sites (tertiary alicyclic amines) is 1. The van der Waals surface area contributed by atoms with Gasteiger partial charge in [-0.1, -0.05) is 30.3 Å². The van der Waals surface area contributed by atoms with Gasteiger partial charge < -0.3 is 19.8 Å². The number of hydrogen-bond donors (Lipinski definition) is 2. The van der Waals surface area contributed by atoms with Crippen LogP contribution in [0.4, 0.5) is 26.3 Å². The van der Waals surface area contributed by atoms with Gasteiger partial charge in [-0.25, -0.2) is 14.3 Å². The van der Waals surface area contributed by atoms with E-state index in [1.54, 1.807) is 37.5 Å². The van der Waals surface area contributed by atoms with Gasteiger partial charge in [0.05, 0.1) is 23.4 Å². The quantitative estimate of drug-likeness (QED) is 0.332. The highest BCUT2D eigenvalue weighted by Gasteiger charge is 2.39. The number of carboxylic acids is 2. The number of ether oxygens (including phenoxy) is 1. The lowest BCUT2D eigenvalue weighted by Gasteiger charge is -2.28. The summed E-state index contributed by atoms with van der Waals surface area (Å²) in [4.78, 5) is 35.6. The summed E-state index contributed by atoms with van der Waals surface area (Å²) in [5, 5.41) is 27.7. The average molecular weight is 672 g/mol. The summed E-state index contributed by atoms with van der Waals surface area (Å²) < 4.78 is 70.8. The fourth-order valence-corrected chi connectivity index (χ4v) is 4.43. The third-order valence-corrected chi connectivity index (χ3v) is 6.52. The first-order chi connectivity index (χ1) is 21.8. The van der Waals surface area contributed by atoms with Crippen molar-refractivity contribution in [2.24, 2.45) is 7.05 Å². The standard InChI is InChI=1S/C26H29N5O2.2C2HF3O2/c1-29(2)18-21-10-7-13-31(21)17-20-9-4-5-12-23(20)24-16-28-30(3)26(32)25(24)33-22-11-6-8-19(14-22)15-27;2*3-2(4,5)1(6)7/h4-6,8-9,11-12,14,16,21H,7,10,13,17-18H2,1-3H3;2*(H,6,7). The molecule has 0 spiro atoms. The van der Waals surface area contributed by atoms with Gasteiger partial charge >= 0.3 is 29.9 Å². The van der Waals surface area contributed by atoms with Crippen molar-refractivity contribution in [1.82, 2.24) is 19.6 Å². The van der Waals surface area contributed by atoms with Crippen LogP contribution < -0.4 is 10.3 Å². The van der Waals surface area contributed by atoms with Gasteiger partial charge in [0.2, 0.25) is 5.75 Å². The fraction of sp³-hybridized carbons (Fsp3) is 0.367. The van der Waals surface area contributed by atoms with Crippen LogP contribution in [0.5, 0.6) is 11.5 Å². The zero-order chi connectivity index (χ0) is 35.5. The molecule has 1 saturated heterocycles. The summed E-state index contributed by atoms with van der Waals surface area (Å²) in [6, 6.07) is 17.6. The molecule has 0 aliphatic carbocycles. The van der Waals surface area contributed by atoms with Crippen molar-refractivity contribution < 1.29 is 50.9 Å². The lowest BCUT2D eigenvalue weighted by atomic mass is 10.00. The molecule has 2 aromatic carbocycles. The SMILES string of the molecule is CN(C)CC1CCCN1Cc1ccccc1-c1cnn(C)c(=O)c1Oc1cccc(C#N)c1.O=C(O)C(F)(F)F.O=C(O)C(F)(F)F. The van der Waals surface area contributed by atoms with Crippen molar-refractivity contribution in [1.29, 1.82) is 5.26 Å². The predicted molar refractivity (Wildman–Crippen MR) is 156 cm³/mol. The normalized spacial score (nSPS) is 14.7. The monoisotopic (exact) mass is 671 g/mol. The van der Waals surface area contributed by atoms with E-state index >= 15 is 0 Å². The predicted octanol–water partition coefficient (Wildman–Crippen LogP) is 4.90. The van der Waals surface area contributed by atoms with Gasteiger partial charge in [-0.2, -0.15) is 36.7 Å². The summed E-state index contributed by atoms with van der Waals surface area (Å²) in [5.74, 6) is -4.86. The second-order valence-corrected chi connectivity index (χ2v) is 10.3. The zero-order valence-electron chi connectivity index (χ0n) is 25.3. The Labute approximate surface area is 264 Å². The van der Waals surface area contributed by atoms with Gasteiger partial charge in [-0.05, 0) is 62.8 Å². The molecule has 1 unspecified atom stereocenters.